The minimum Gasteiger partial charge on any atom is -1.00 e. The Morgan fingerprint density at radius 1 is 0.774 bits per heavy atom. The van der Waals surface area contributed by atoms with Crippen molar-refractivity contribution in [3.8, 4) is 22.6 Å². The average Bonchev–Trinajstić information content (AvgIpc) is 3.40. The Balaban J connectivity index is 0.00000114. The number of fused-ring (bicyclic) bond motifs is 3. The summed E-state index contributed by atoms with van der Waals surface area (Å²) in [5.41, 5.74) is 11.0. The van der Waals surface area contributed by atoms with E-state index in [2.05, 4.69) is 115 Å². The predicted molar refractivity (Wildman–Crippen MR) is 120 cm³/mol. The van der Waals surface area contributed by atoms with Gasteiger partial charge in [0, 0.05) is 11.1 Å². The second-order valence-corrected chi connectivity index (χ2v) is 11.6. The Labute approximate surface area is 217 Å². The van der Waals surface area contributed by atoms with Crippen molar-refractivity contribution in [1.82, 2.24) is 0 Å². The third kappa shape index (κ3) is 4.62. The molecule has 5 rings (SSSR count). The average molecular weight is 537 g/mol. The topological polar surface area (TPSA) is 0 Å². The molecule has 3 aromatic carbocycles. The molecule has 31 heavy (non-hydrogen) atoms. The first-order valence-corrected chi connectivity index (χ1v) is 12.5. The predicted octanol–water partition coefficient (Wildman–Crippen LogP) is 0.439. The first kappa shape index (κ1) is 25.6. The summed E-state index contributed by atoms with van der Waals surface area (Å²) in [6, 6.07) is 28.3. The van der Waals surface area contributed by atoms with Gasteiger partial charge in [-0.2, -0.15) is 0 Å². The van der Waals surface area contributed by atoms with E-state index >= 15 is 0 Å². The summed E-state index contributed by atoms with van der Waals surface area (Å²) >= 11 is 0. The van der Waals surface area contributed by atoms with Crippen LogP contribution in [0.2, 0.25) is 6.55 Å². The molecule has 1 unspecified atom stereocenters. The van der Waals surface area contributed by atoms with Crippen molar-refractivity contribution in [1.29, 1.82) is 0 Å². The van der Waals surface area contributed by atoms with Crippen LogP contribution in [0.5, 0.6) is 0 Å². The van der Waals surface area contributed by atoms with E-state index in [9.17, 15) is 0 Å². The zero-order valence-corrected chi connectivity index (χ0v) is 22.2. The molecule has 152 valence electrons. The molecule has 2 aliphatic rings. The largest absolute Gasteiger partial charge is 2.00 e. The fourth-order valence-electron chi connectivity index (χ4n) is 4.67. The SMILES string of the molecule is C[Si](C#Cc1ccccc1)(C1=CC=CC1)C1c2ccccc2-c2ccccc21.[Cl-].[Cl-].[Zr+2]. The van der Waals surface area contributed by atoms with Gasteiger partial charge in [-0.3, -0.25) is 0 Å². The Morgan fingerprint density at radius 3 is 1.87 bits per heavy atom. The quantitative estimate of drug-likeness (QED) is 0.330. The summed E-state index contributed by atoms with van der Waals surface area (Å²) in [6.45, 7) is 2.46. The normalized spacial score (nSPS) is 14.9. The van der Waals surface area contributed by atoms with Crippen molar-refractivity contribution in [2.24, 2.45) is 0 Å². The van der Waals surface area contributed by atoms with Gasteiger partial charge in [-0.05, 0) is 40.8 Å². The van der Waals surface area contributed by atoms with Gasteiger partial charge >= 0.3 is 26.2 Å². The van der Waals surface area contributed by atoms with Crippen LogP contribution in [0.1, 0.15) is 28.7 Å². The summed E-state index contributed by atoms with van der Waals surface area (Å²) in [4.78, 5) is 0. The van der Waals surface area contributed by atoms with Crippen LogP contribution in [0.4, 0.5) is 0 Å². The van der Waals surface area contributed by atoms with Crippen molar-refractivity contribution in [3.63, 3.8) is 0 Å². The van der Waals surface area contributed by atoms with Crippen molar-refractivity contribution >= 4 is 8.07 Å². The smallest absolute Gasteiger partial charge is 1.00 e. The van der Waals surface area contributed by atoms with Gasteiger partial charge in [0.15, 0.2) is 8.07 Å². The molecule has 0 amide bonds. The molecule has 0 bridgehead atoms. The minimum atomic E-state index is -2.13. The Morgan fingerprint density at radius 2 is 1.32 bits per heavy atom. The third-order valence-corrected chi connectivity index (χ3v) is 10.2. The molecule has 0 aliphatic heterocycles. The van der Waals surface area contributed by atoms with Crippen molar-refractivity contribution in [3.05, 3.63) is 119 Å². The standard InChI is InChI=1S/C27H22Si.2ClH.Zr/c1-28(22-13-5-6-14-22,20-19-21-11-3-2-4-12-21)27-25-17-9-7-15-23(25)24-16-8-10-18-26(24)27;;;/h2-13,15-18,27H,14H2,1H3;2*1H;/q;;;+2/p-2. The third-order valence-electron chi connectivity index (χ3n) is 6.09. The molecule has 0 fully saturated rings. The maximum Gasteiger partial charge on any atom is 2.00 e. The van der Waals surface area contributed by atoms with Gasteiger partial charge in [0.2, 0.25) is 0 Å². The number of halogens is 2. The van der Waals surface area contributed by atoms with Gasteiger partial charge in [0.1, 0.15) is 0 Å². The van der Waals surface area contributed by atoms with Crippen LogP contribution < -0.4 is 24.8 Å². The van der Waals surface area contributed by atoms with E-state index in [1.807, 2.05) is 0 Å². The summed E-state index contributed by atoms with van der Waals surface area (Å²) in [6.07, 6.45) is 7.84. The van der Waals surface area contributed by atoms with Gasteiger partial charge in [-0.15, -0.1) is 5.54 Å². The monoisotopic (exact) mass is 534 g/mol. The van der Waals surface area contributed by atoms with Gasteiger partial charge in [0.05, 0.1) is 0 Å². The molecule has 0 radical (unpaired) electrons. The molecule has 1 atom stereocenters. The van der Waals surface area contributed by atoms with Crippen LogP contribution in [0.3, 0.4) is 0 Å². The van der Waals surface area contributed by atoms with E-state index in [-0.39, 0.29) is 51.0 Å². The van der Waals surface area contributed by atoms with Crippen molar-refractivity contribution < 1.29 is 51.0 Å². The van der Waals surface area contributed by atoms with E-state index in [0.717, 1.165) is 12.0 Å². The Bertz CT molecular complexity index is 1130. The fraction of sp³-hybridized carbons (Fsp3) is 0.111. The minimum absolute atomic E-state index is 0. The molecule has 0 saturated heterocycles. The summed E-state index contributed by atoms with van der Waals surface area (Å²) < 4.78 is 0. The number of allylic oxidation sites excluding steroid dienone is 4. The van der Waals surface area contributed by atoms with E-state index in [4.69, 9.17) is 0 Å². The Hall–Kier alpha value is -1.62. The molecule has 3 aromatic rings. The number of hydrogen-bond acceptors (Lipinski definition) is 0. The number of rotatable bonds is 2. The summed E-state index contributed by atoms with van der Waals surface area (Å²) in [5, 5.41) is 1.53. The van der Waals surface area contributed by atoms with Gasteiger partial charge < -0.3 is 24.8 Å². The summed E-state index contributed by atoms with van der Waals surface area (Å²) in [7, 11) is -2.13. The number of hydrogen-bond donors (Lipinski definition) is 0. The maximum atomic E-state index is 3.86. The van der Waals surface area contributed by atoms with E-state index in [0.29, 0.717) is 5.54 Å². The maximum absolute atomic E-state index is 3.86. The van der Waals surface area contributed by atoms with Crippen molar-refractivity contribution in [2.75, 3.05) is 0 Å². The number of benzene rings is 3. The van der Waals surface area contributed by atoms with E-state index < -0.39 is 8.07 Å². The Kier molecular flexibility index (Phi) is 8.93. The molecular weight excluding hydrogens is 515 g/mol. The van der Waals surface area contributed by atoms with E-state index in [1.54, 1.807) is 0 Å². The molecule has 0 N–H and O–H groups in total. The zero-order valence-electron chi connectivity index (χ0n) is 17.3. The molecule has 2 aliphatic carbocycles. The molecule has 0 spiro atoms. The second-order valence-electron chi connectivity index (χ2n) is 7.75. The fourth-order valence-corrected chi connectivity index (χ4v) is 8.48. The van der Waals surface area contributed by atoms with Crippen LogP contribution in [0, 0.1) is 11.5 Å². The van der Waals surface area contributed by atoms with Crippen LogP contribution in [-0.2, 0) is 26.2 Å². The first-order chi connectivity index (χ1) is 13.8. The second kappa shape index (κ2) is 10.8. The summed E-state index contributed by atoms with van der Waals surface area (Å²) in [5.74, 6) is 3.54. The van der Waals surface area contributed by atoms with E-state index in [1.165, 1.54) is 27.5 Å². The molecule has 0 heterocycles. The van der Waals surface area contributed by atoms with Gasteiger partial charge in [-0.25, -0.2) is 0 Å². The van der Waals surface area contributed by atoms with Crippen LogP contribution in [-0.4, -0.2) is 8.07 Å². The molecular formula is C27H22Cl2SiZr. The van der Waals surface area contributed by atoms with Crippen LogP contribution in [0.25, 0.3) is 11.1 Å². The van der Waals surface area contributed by atoms with Gasteiger partial charge in [0.25, 0.3) is 0 Å². The molecule has 0 saturated carbocycles. The first-order valence-electron chi connectivity index (χ1n) is 9.90. The molecule has 0 aromatic heterocycles. The van der Waals surface area contributed by atoms with Crippen LogP contribution in [0.15, 0.2) is 102 Å². The van der Waals surface area contributed by atoms with Crippen LogP contribution >= 0.6 is 0 Å². The van der Waals surface area contributed by atoms with Gasteiger partial charge in [-0.1, -0.05) is 103 Å². The van der Waals surface area contributed by atoms with Crippen molar-refractivity contribution in [2.45, 2.75) is 18.5 Å². The molecule has 0 nitrogen and oxygen atoms in total. The zero-order chi connectivity index (χ0) is 19.0. The molecule has 4 heteroatoms.